The van der Waals surface area contributed by atoms with Crippen LogP contribution in [0.4, 0.5) is 5.69 Å². The molecule has 130 valence electrons. The van der Waals surface area contributed by atoms with Crippen molar-refractivity contribution in [1.29, 1.82) is 0 Å². The SMILES string of the molecule is CCN(c1ccc(C(=O)NCCCOC(C)C)cc1)S(C)(=O)=O. The van der Waals surface area contributed by atoms with E-state index in [0.717, 1.165) is 12.7 Å². The van der Waals surface area contributed by atoms with Crippen LogP contribution in [0.5, 0.6) is 0 Å². The van der Waals surface area contributed by atoms with Gasteiger partial charge in [-0.15, -0.1) is 0 Å². The van der Waals surface area contributed by atoms with Crippen molar-refractivity contribution < 1.29 is 17.9 Å². The zero-order valence-electron chi connectivity index (χ0n) is 14.2. The standard InChI is InChI=1S/C16H26N2O4S/c1-5-18(23(4,20)21)15-9-7-14(8-10-15)16(19)17-11-6-12-22-13(2)3/h7-10,13H,5-6,11-12H2,1-4H3,(H,17,19). The predicted octanol–water partition coefficient (Wildman–Crippen LogP) is 2.02. The molecule has 1 rings (SSSR count). The van der Waals surface area contributed by atoms with Gasteiger partial charge in [0.05, 0.1) is 18.0 Å². The highest BCUT2D eigenvalue weighted by atomic mass is 32.2. The van der Waals surface area contributed by atoms with Gasteiger partial charge in [0, 0.05) is 25.3 Å². The van der Waals surface area contributed by atoms with Crippen molar-refractivity contribution in [3.05, 3.63) is 29.8 Å². The molecular weight excluding hydrogens is 316 g/mol. The molecule has 0 radical (unpaired) electrons. The van der Waals surface area contributed by atoms with Gasteiger partial charge < -0.3 is 10.1 Å². The molecule has 0 heterocycles. The minimum Gasteiger partial charge on any atom is -0.379 e. The first-order valence-corrected chi connectivity index (χ1v) is 9.58. The largest absolute Gasteiger partial charge is 0.379 e. The Kier molecular flexibility index (Phi) is 7.51. The lowest BCUT2D eigenvalue weighted by atomic mass is 10.2. The average Bonchev–Trinajstić information content (AvgIpc) is 2.46. The normalized spacial score (nSPS) is 11.5. The second-order valence-electron chi connectivity index (χ2n) is 5.50. The molecule has 0 saturated carbocycles. The third kappa shape index (κ3) is 6.58. The number of carbonyl (C=O) groups excluding carboxylic acids is 1. The second kappa shape index (κ2) is 8.88. The van der Waals surface area contributed by atoms with Gasteiger partial charge in [0.2, 0.25) is 10.0 Å². The Morgan fingerprint density at radius 3 is 2.35 bits per heavy atom. The van der Waals surface area contributed by atoms with E-state index < -0.39 is 10.0 Å². The lowest BCUT2D eigenvalue weighted by Gasteiger charge is -2.20. The van der Waals surface area contributed by atoms with Crippen molar-refractivity contribution in [2.45, 2.75) is 33.3 Å². The van der Waals surface area contributed by atoms with Crippen molar-refractivity contribution in [3.8, 4) is 0 Å². The van der Waals surface area contributed by atoms with Crippen LogP contribution in [-0.4, -0.2) is 46.4 Å². The first-order chi connectivity index (χ1) is 10.8. The summed E-state index contributed by atoms with van der Waals surface area (Å²) in [5.41, 5.74) is 1.06. The predicted molar refractivity (Wildman–Crippen MR) is 92.3 cm³/mol. The minimum atomic E-state index is -3.31. The van der Waals surface area contributed by atoms with E-state index in [0.29, 0.717) is 30.9 Å². The van der Waals surface area contributed by atoms with Gasteiger partial charge in [0.1, 0.15) is 0 Å². The number of ether oxygens (including phenoxy) is 1. The molecule has 0 aliphatic carbocycles. The maximum Gasteiger partial charge on any atom is 0.251 e. The van der Waals surface area contributed by atoms with E-state index in [1.54, 1.807) is 31.2 Å². The Morgan fingerprint density at radius 1 is 1.26 bits per heavy atom. The van der Waals surface area contributed by atoms with Crippen molar-refractivity contribution in [2.75, 3.05) is 30.3 Å². The molecule has 0 atom stereocenters. The number of nitrogens with one attached hydrogen (secondary N) is 1. The Morgan fingerprint density at radius 2 is 1.87 bits per heavy atom. The van der Waals surface area contributed by atoms with Crippen LogP contribution in [0.1, 0.15) is 37.6 Å². The van der Waals surface area contributed by atoms with Crippen LogP contribution < -0.4 is 9.62 Å². The fourth-order valence-electron chi connectivity index (χ4n) is 2.08. The van der Waals surface area contributed by atoms with E-state index in [2.05, 4.69) is 5.32 Å². The Bertz CT molecular complexity index is 597. The van der Waals surface area contributed by atoms with E-state index >= 15 is 0 Å². The summed E-state index contributed by atoms with van der Waals surface area (Å²) in [6.45, 7) is 7.20. The highest BCUT2D eigenvalue weighted by Crippen LogP contribution is 2.17. The molecule has 0 spiro atoms. The molecule has 1 N–H and O–H groups in total. The van der Waals surface area contributed by atoms with Gasteiger partial charge in [-0.2, -0.15) is 0 Å². The molecule has 0 unspecified atom stereocenters. The molecule has 0 bridgehead atoms. The summed E-state index contributed by atoms with van der Waals surface area (Å²) >= 11 is 0. The lowest BCUT2D eigenvalue weighted by Crippen LogP contribution is -2.29. The van der Waals surface area contributed by atoms with Crippen LogP contribution in [0.2, 0.25) is 0 Å². The Hall–Kier alpha value is -1.60. The van der Waals surface area contributed by atoms with Crippen molar-refractivity contribution in [2.24, 2.45) is 0 Å². The number of hydrogen-bond donors (Lipinski definition) is 1. The third-order valence-electron chi connectivity index (χ3n) is 3.16. The van der Waals surface area contributed by atoms with Crippen LogP contribution in [0.25, 0.3) is 0 Å². The first kappa shape index (κ1) is 19.4. The summed E-state index contributed by atoms with van der Waals surface area (Å²) in [5, 5.41) is 2.81. The highest BCUT2D eigenvalue weighted by molar-refractivity contribution is 7.92. The highest BCUT2D eigenvalue weighted by Gasteiger charge is 2.15. The monoisotopic (exact) mass is 342 g/mol. The summed E-state index contributed by atoms with van der Waals surface area (Å²) in [6.07, 6.45) is 2.10. The van der Waals surface area contributed by atoms with Crippen LogP contribution >= 0.6 is 0 Å². The van der Waals surface area contributed by atoms with E-state index in [1.165, 1.54) is 4.31 Å². The molecule has 1 aromatic rings. The average molecular weight is 342 g/mol. The summed E-state index contributed by atoms with van der Waals surface area (Å²) in [6, 6.07) is 6.54. The Labute approximate surface area is 138 Å². The zero-order valence-corrected chi connectivity index (χ0v) is 15.0. The first-order valence-electron chi connectivity index (χ1n) is 7.73. The molecule has 0 saturated heterocycles. The molecule has 1 amide bonds. The number of hydrogen-bond acceptors (Lipinski definition) is 4. The molecule has 0 aromatic heterocycles. The Balaban J connectivity index is 2.57. The fraction of sp³-hybridized carbons (Fsp3) is 0.562. The van der Waals surface area contributed by atoms with Crippen LogP contribution in [0.15, 0.2) is 24.3 Å². The summed E-state index contributed by atoms with van der Waals surface area (Å²) < 4.78 is 30.0. The van der Waals surface area contributed by atoms with Gasteiger partial charge in [-0.05, 0) is 51.5 Å². The van der Waals surface area contributed by atoms with E-state index in [9.17, 15) is 13.2 Å². The second-order valence-corrected chi connectivity index (χ2v) is 7.41. The van der Waals surface area contributed by atoms with E-state index in [1.807, 2.05) is 13.8 Å². The maximum absolute atomic E-state index is 12.0. The van der Waals surface area contributed by atoms with Gasteiger partial charge in [-0.1, -0.05) is 0 Å². The van der Waals surface area contributed by atoms with Gasteiger partial charge in [0.15, 0.2) is 0 Å². The number of sulfonamides is 1. The topological polar surface area (TPSA) is 75.7 Å². The quantitative estimate of drug-likeness (QED) is 0.697. The van der Waals surface area contributed by atoms with Crippen LogP contribution in [-0.2, 0) is 14.8 Å². The van der Waals surface area contributed by atoms with Gasteiger partial charge >= 0.3 is 0 Å². The number of nitrogens with zero attached hydrogens (tertiary/aromatic N) is 1. The number of anilines is 1. The minimum absolute atomic E-state index is 0.177. The summed E-state index contributed by atoms with van der Waals surface area (Å²) in [7, 11) is -3.31. The molecule has 6 nitrogen and oxygen atoms in total. The van der Waals surface area contributed by atoms with E-state index in [-0.39, 0.29) is 12.0 Å². The molecule has 23 heavy (non-hydrogen) atoms. The molecule has 0 aliphatic heterocycles. The van der Waals surface area contributed by atoms with Crippen LogP contribution in [0, 0.1) is 0 Å². The van der Waals surface area contributed by atoms with Crippen molar-refractivity contribution >= 4 is 21.6 Å². The van der Waals surface area contributed by atoms with Gasteiger partial charge in [-0.25, -0.2) is 8.42 Å². The van der Waals surface area contributed by atoms with Gasteiger partial charge in [0.25, 0.3) is 5.91 Å². The molecule has 7 heteroatoms. The number of benzene rings is 1. The fourth-order valence-corrected chi connectivity index (χ4v) is 3.06. The van der Waals surface area contributed by atoms with Gasteiger partial charge in [-0.3, -0.25) is 9.10 Å². The number of amides is 1. The summed E-state index contributed by atoms with van der Waals surface area (Å²) in [4.78, 5) is 12.0. The molecule has 0 fully saturated rings. The molecule has 1 aromatic carbocycles. The molecular formula is C16H26N2O4S. The zero-order chi connectivity index (χ0) is 17.5. The third-order valence-corrected chi connectivity index (χ3v) is 4.43. The summed E-state index contributed by atoms with van der Waals surface area (Å²) in [5.74, 6) is -0.177. The number of rotatable bonds is 9. The molecule has 0 aliphatic rings. The smallest absolute Gasteiger partial charge is 0.251 e. The van der Waals surface area contributed by atoms with E-state index in [4.69, 9.17) is 4.74 Å². The van der Waals surface area contributed by atoms with Crippen LogP contribution in [0.3, 0.4) is 0 Å². The maximum atomic E-state index is 12.0. The number of carbonyl (C=O) groups is 1. The van der Waals surface area contributed by atoms with Crippen molar-refractivity contribution in [1.82, 2.24) is 5.32 Å². The van der Waals surface area contributed by atoms with Crippen molar-refractivity contribution in [3.63, 3.8) is 0 Å². The lowest BCUT2D eigenvalue weighted by molar-refractivity contribution is 0.0757.